The molecule has 0 bridgehead atoms. The van der Waals surface area contributed by atoms with Gasteiger partial charge in [0.1, 0.15) is 12.4 Å². The van der Waals surface area contributed by atoms with Crippen LogP contribution in [0.4, 0.5) is 8.78 Å². The van der Waals surface area contributed by atoms with Crippen LogP contribution >= 0.6 is 24.0 Å². The fraction of sp³-hybridized carbons (Fsp3) is 0.417. The van der Waals surface area contributed by atoms with E-state index >= 15 is 0 Å². The highest BCUT2D eigenvalue weighted by molar-refractivity contribution is 14.0. The quantitative estimate of drug-likeness (QED) is 0.342. The van der Waals surface area contributed by atoms with Crippen LogP contribution in [0.1, 0.15) is 13.3 Å². The average molecular weight is 385 g/mol. The van der Waals surface area contributed by atoms with Crippen molar-refractivity contribution in [2.24, 2.45) is 10.7 Å². The summed E-state index contributed by atoms with van der Waals surface area (Å²) in [6.45, 7) is 3.27. The van der Waals surface area contributed by atoms with Gasteiger partial charge in [0.25, 0.3) is 0 Å². The molecule has 0 atom stereocenters. The predicted octanol–water partition coefficient (Wildman–Crippen LogP) is 2.28. The molecule has 0 unspecified atom stereocenters. The van der Waals surface area contributed by atoms with Crippen molar-refractivity contribution >= 4 is 29.9 Å². The first-order chi connectivity index (χ1) is 8.63. The summed E-state index contributed by atoms with van der Waals surface area (Å²) < 4.78 is 30.9. The summed E-state index contributed by atoms with van der Waals surface area (Å²) in [5.74, 6) is -1.00. The maximum atomic E-state index is 13.2. The Bertz CT molecular complexity index is 416. The third kappa shape index (κ3) is 7.14. The summed E-state index contributed by atoms with van der Waals surface area (Å²) >= 11 is 0. The number of ether oxygens (including phenoxy) is 1. The first-order valence-electron chi connectivity index (χ1n) is 5.75. The highest BCUT2D eigenvalue weighted by Gasteiger charge is 2.04. The van der Waals surface area contributed by atoms with E-state index in [0.29, 0.717) is 19.0 Å². The van der Waals surface area contributed by atoms with Gasteiger partial charge in [-0.05, 0) is 18.6 Å². The molecule has 108 valence electrons. The second-order valence-electron chi connectivity index (χ2n) is 3.62. The van der Waals surface area contributed by atoms with Crippen LogP contribution in [0.25, 0.3) is 0 Å². The van der Waals surface area contributed by atoms with Crippen LogP contribution < -0.4 is 15.8 Å². The molecule has 0 aromatic heterocycles. The van der Waals surface area contributed by atoms with Crippen LogP contribution in [0, 0.1) is 11.6 Å². The Balaban J connectivity index is 0.00000324. The fourth-order valence-corrected chi connectivity index (χ4v) is 1.22. The molecule has 3 N–H and O–H groups in total. The van der Waals surface area contributed by atoms with Gasteiger partial charge in [-0.2, -0.15) is 0 Å². The van der Waals surface area contributed by atoms with Crippen molar-refractivity contribution in [3.05, 3.63) is 29.8 Å². The lowest BCUT2D eigenvalue weighted by molar-refractivity contribution is 0.305. The third-order valence-corrected chi connectivity index (χ3v) is 2.07. The van der Waals surface area contributed by atoms with Crippen LogP contribution in [0.15, 0.2) is 23.2 Å². The molecule has 0 saturated heterocycles. The van der Waals surface area contributed by atoms with Gasteiger partial charge in [-0.15, -0.1) is 24.0 Å². The van der Waals surface area contributed by atoms with E-state index in [-0.39, 0.29) is 36.3 Å². The van der Waals surface area contributed by atoms with Gasteiger partial charge in [0.05, 0.1) is 6.54 Å². The molecule has 0 saturated carbocycles. The molecule has 19 heavy (non-hydrogen) atoms. The molecular formula is C12H18F2IN3O. The molecule has 7 heteroatoms. The number of nitrogens with one attached hydrogen (secondary N) is 1. The Morgan fingerprint density at radius 3 is 2.79 bits per heavy atom. The van der Waals surface area contributed by atoms with E-state index in [4.69, 9.17) is 10.5 Å². The Morgan fingerprint density at radius 2 is 2.16 bits per heavy atom. The molecule has 0 radical (unpaired) electrons. The minimum absolute atomic E-state index is 0. The number of nitrogens with two attached hydrogens (primary N) is 1. The normalized spacial score (nSPS) is 10.8. The van der Waals surface area contributed by atoms with E-state index in [1.165, 1.54) is 6.07 Å². The van der Waals surface area contributed by atoms with E-state index in [1.807, 2.05) is 6.92 Å². The third-order valence-electron chi connectivity index (χ3n) is 2.07. The van der Waals surface area contributed by atoms with Gasteiger partial charge in [-0.1, -0.05) is 6.92 Å². The second-order valence-corrected chi connectivity index (χ2v) is 3.62. The number of nitrogens with zero attached hydrogens (tertiary/aromatic N) is 1. The van der Waals surface area contributed by atoms with Gasteiger partial charge >= 0.3 is 0 Å². The lowest BCUT2D eigenvalue weighted by Crippen LogP contribution is -2.34. The Hall–Kier alpha value is -1.12. The standard InChI is InChI=1S/C12H17F2N3O.HI/c1-2-5-16-12(15)17-6-7-18-11-4-3-9(13)8-10(11)14;/h3-4,8H,2,5-7H2,1H3,(H3,15,16,17);1H. The maximum absolute atomic E-state index is 13.2. The van der Waals surface area contributed by atoms with Gasteiger partial charge in [-0.25, -0.2) is 8.78 Å². The zero-order chi connectivity index (χ0) is 13.4. The summed E-state index contributed by atoms with van der Waals surface area (Å²) in [4.78, 5) is 4.02. The van der Waals surface area contributed by atoms with Crippen LogP contribution in [0.2, 0.25) is 0 Å². The number of halogens is 3. The molecule has 0 spiro atoms. The van der Waals surface area contributed by atoms with E-state index in [0.717, 1.165) is 18.6 Å². The Labute approximate surface area is 128 Å². The minimum atomic E-state index is -0.720. The first-order valence-corrected chi connectivity index (χ1v) is 5.75. The molecule has 1 rings (SSSR count). The van der Waals surface area contributed by atoms with Crippen molar-refractivity contribution in [1.29, 1.82) is 0 Å². The molecule has 0 aliphatic heterocycles. The summed E-state index contributed by atoms with van der Waals surface area (Å²) in [6.07, 6.45) is 0.916. The lowest BCUT2D eigenvalue weighted by atomic mass is 10.3. The molecule has 0 fully saturated rings. The van der Waals surface area contributed by atoms with Crippen molar-refractivity contribution in [1.82, 2.24) is 5.32 Å². The van der Waals surface area contributed by atoms with Gasteiger partial charge in [0.15, 0.2) is 17.5 Å². The summed E-state index contributed by atoms with van der Waals surface area (Å²) in [7, 11) is 0. The highest BCUT2D eigenvalue weighted by atomic mass is 127. The van der Waals surface area contributed by atoms with E-state index in [1.54, 1.807) is 0 Å². The minimum Gasteiger partial charge on any atom is -0.489 e. The molecule has 1 aromatic rings. The van der Waals surface area contributed by atoms with Crippen molar-refractivity contribution < 1.29 is 13.5 Å². The molecule has 0 heterocycles. The Kier molecular flexibility index (Phi) is 9.19. The summed E-state index contributed by atoms with van der Waals surface area (Å²) in [6, 6.07) is 3.17. The number of guanidine groups is 1. The topological polar surface area (TPSA) is 59.6 Å². The number of aliphatic imine (C=N–C) groups is 1. The maximum Gasteiger partial charge on any atom is 0.188 e. The van der Waals surface area contributed by atoms with Gasteiger partial charge in [0, 0.05) is 12.6 Å². The van der Waals surface area contributed by atoms with E-state index in [9.17, 15) is 8.78 Å². The Morgan fingerprint density at radius 1 is 1.42 bits per heavy atom. The van der Waals surface area contributed by atoms with Crippen molar-refractivity contribution in [2.45, 2.75) is 13.3 Å². The number of rotatable bonds is 6. The zero-order valence-corrected chi connectivity index (χ0v) is 13.0. The molecule has 0 amide bonds. The zero-order valence-electron chi connectivity index (χ0n) is 10.7. The monoisotopic (exact) mass is 385 g/mol. The number of hydrogen-bond donors (Lipinski definition) is 2. The summed E-state index contributed by atoms with van der Waals surface area (Å²) in [5.41, 5.74) is 5.55. The van der Waals surface area contributed by atoms with Crippen LogP contribution in [0.3, 0.4) is 0 Å². The highest BCUT2D eigenvalue weighted by Crippen LogP contribution is 2.17. The van der Waals surface area contributed by atoms with Crippen molar-refractivity contribution in [3.63, 3.8) is 0 Å². The molecule has 4 nitrogen and oxygen atoms in total. The predicted molar refractivity (Wildman–Crippen MR) is 82.1 cm³/mol. The first kappa shape index (κ1) is 17.9. The number of benzene rings is 1. The smallest absolute Gasteiger partial charge is 0.188 e. The van der Waals surface area contributed by atoms with Crippen LogP contribution in [0.5, 0.6) is 5.75 Å². The van der Waals surface area contributed by atoms with Crippen molar-refractivity contribution in [3.8, 4) is 5.75 Å². The van der Waals surface area contributed by atoms with E-state index in [2.05, 4.69) is 10.3 Å². The summed E-state index contributed by atoms with van der Waals surface area (Å²) in [5, 5.41) is 2.82. The largest absolute Gasteiger partial charge is 0.489 e. The fourth-order valence-electron chi connectivity index (χ4n) is 1.22. The lowest BCUT2D eigenvalue weighted by Gasteiger charge is -2.08. The molecule has 0 aliphatic carbocycles. The molecule has 1 aromatic carbocycles. The van der Waals surface area contributed by atoms with Gasteiger partial charge in [0.2, 0.25) is 0 Å². The molecule has 0 aliphatic rings. The van der Waals surface area contributed by atoms with Crippen molar-refractivity contribution in [2.75, 3.05) is 19.7 Å². The van der Waals surface area contributed by atoms with Crippen LogP contribution in [-0.4, -0.2) is 25.7 Å². The number of hydrogen-bond acceptors (Lipinski definition) is 2. The van der Waals surface area contributed by atoms with Gasteiger partial charge < -0.3 is 15.8 Å². The van der Waals surface area contributed by atoms with Crippen LogP contribution in [-0.2, 0) is 0 Å². The van der Waals surface area contributed by atoms with E-state index < -0.39 is 11.6 Å². The van der Waals surface area contributed by atoms with Gasteiger partial charge in [-0.3, -0.25) is 4.99 Å². The average Bonchev–Trinajstić information content (AvgIpc) is 2.34. The molecular weight excluding hydrogens is 367 g/mol. The second kappa shape index (κ2) is 9.76. The SMILES string of the molecule is CCCN=C(N)NCCOc1ccc(F)cc1F.I.